The van der Waals surface area contributed by atoms with E-state index >= 15 is 0 Å². The van der Waals surface area contributed by atoms with Crippen LogP contribution >= 0.6 is 11.3 Å². The molecular formula is C25H29N3O4S. The molecule has 174 valence electrons. The fraction of sp³-hybridized carbons (Fsp3) is 0.440. The predicted molar refractivity (Wildman–Crippen MR) is 129 cm³/mol. The lowest BCUT2D eigenvalue weighted by molar-refractivity contribution is -0.121. The maximum Gasteiger partial charge on any atom is 0.348 e. The van der Waals surface area contributed by atoms with Gasteiger partial charge in [-0.15, -0.1) is 11.3 Å². The first kappa shape index (κ1) is 23.2. The van der Waals surface area contributed by atoms with Gasteiger partial charge in [0.25, 0.3) is 5.56 Å². The third-order valence-electron chi connectivity index (χ3n) is 6.02. The highest BCUT2D eigenvalue weighted by molar-refractivity contribution is 7.20. The largest absolute Gasteiger partial charge is 0.460 e. The predicted octanol–water partition coefficient (Wildman–Crippen LogP) is 3.71. The van der Waals surface area contributed by atoms with Gasteiger partial charge in [-0.25, -0.2) is 9.78 Å². The molecule has 0 atom stereocenters. The van der Waals surface area contributed by atoms with Crippen molar-refractivity contribution in [2.45, 2.75) is 58.9 Å². The Morgan fingerprint density at radius 1 is 1.15 bits per heavy atom. The Kier molecular flexibility index (Phi) is 7.23. The van der Waals surface area contributed by atoms with Crippen LogP contribution in [0.2, 0.25) is 0 Å². The number of thiophene rings is 1. The molecular weight excluding hydrogens is 438 g/mol. The molecule has 33 heavy (non-hydrogen) atoms. The van der Waals surface area contributed by atoms with Crippen LogP contribution in [0.3, 0.4) is 0 Å². The third kappa shape index (κ3) is 5.33. The summed E-state index contributed by atoms with van der Waals surface area (Å²) in [5.74, 6) is 0.243. The molecule has 7 nitrogen and oxygen atoms in total. The quantitative estimate of drug-likeness (QED) is 0.423. The number of esters is 1. The molecule has 0 spiro atoms. The molecule has 8 heteroatoms. The fourth-order valence-corrected chi connectivity index (χ4v) is 5.19. The van der Waals surface area contributed by atoms with E-state index in [9.17, 15) is 14.4 Å². The van der Waals surface area contributed by atoms with Crippen LogP contribution in [0.25, 0.3) is 10.2 Å². The van der Waals surface area contributed by atoms with E-state index in [0.717, 1.165) is 37.1 Å². The van der Waals surface area contributed by atoms with Gasteiger partial charge in [0.2, 0.25) is 5.91 Å². The Hall–Kier alpha value is -3.00. The van der Waals surface area contributed by atoms with Gasteiger partial charge in [0.1, 0.15) is 22.1 Å². The summed E-state index contributed by atoms with van der Waals surface area (Å²) in [5, 5.41) is 3.30. The first-order chi connectivity index (χ1) is 15.9. The van der Waals surface area contributed by atoms with Crippen molar-refractivity contribution in [3.63, 3.8) is 0 Å². The van der Waals surface area contributed by atoms with Gasteiger partial charge >= 0.3 is 5.97 Å². The van der Waals surface area contributed by atoms with Crippen molar-refractivity contribution in [1.82, 2.24) is 14.9 Å². The zero-order valence-corrected chi connectivity index (χ0v) is 19.9. The molecule has 1 aromatic carbocycles. The van der Waals surface area contributed by atoms with Gasteiger partial charge in [0.05, 0.1) is 11.9 Å². The lowest BCUT2D eigenvalue weighted by atomic mass is 10.1. The maximum absolute atomic E-state index is 13.0. The molecule has 2 aromatic heterocycles. The minimum Gasteiger partial charge on any atom is -0.460 e. The summed E-state index contributed by atoms with van der Waals surface area (Å²) in [7, 11) is 0. The van der Waals surface area contributed by atoms with Crippen molar-refractivity contribution >= 4 is 33.4 Å². The number of rotatable bonds is 7. The topological polar surface area (TPSA) is 90.3 Å². The number of aromatic nitrogens is 2. The highest BCUT2D eigenvalue weighted by atomic mass is 32.1. The van der Waals surface area contributed by atoms with Gasteiger partial charge in [-0.1, -0.05) is 36.2 Å². The number of carbonyl (C=O) groups is 2. The molecule has 3 heterocycles. The minimum atomic E-state index is -0.482. The molecule has 1 N–H and O–H groups in total. The van der Waals surface area contributed by atoms with Crippen LogP contribution in [0.1, 0.15) is 57.9 Å². The molecule has 0 saturated heterocycles. The average Bonchev–Trinajstić information content (AvgIpc) is 2.96. The molecule has 0 fully saturated rings. The standard InChI is InChI=1S/C25H29N3O4S/c1-16-7-9-18(10-8-16)11-12-20(29)26-13-15-32-25(31)22-17(2)21-23(33-22)27-19-6-4-3-5-14-28(19)24(21)30/h7-10H,3-6,11-15H2,1-2H3,(H,26,29). The number of hydrogen-bond acceptors (Lipinski definition) is 6. The maximum atomic E-state index is 13.0. The van der Waals surface area contributed by atoms with Gasteiger partial charge in [-0.05, 0) is 44.2 Å². The van der Waals surface area contributed by atoms with Gasteiger partial charge in [-0.3, -0.25) is 14.2 Å². The number of benzene rings is 1. The van der Waals surface area contributed by atoms with Crippen LogP contribution in [0, 0.1) is 13.8 Å². The number of nitrogens with one attached hydrogen (secondary N) is 1. The monoisotopic (exact) mass is 467 g/mol. The second-order valence-electron chi connectivity index (χ2n) is 8.50. The number of amides is 1. The molecule has 1 aliphatic heterocycles. The summed E-state index contributed by atoms with van der Waals surface area (Å²) in [5.41, 5.74) is 2.86. The Bertz CT molecular complexity index is 1230. The molecule has 0 saturated carbocycles. The molecule has 3 aromatic rings. The van der Waals surface area contributed by atoms with Crippen LogP contribution in [-0.4, -0.2) is 34.6 Å². The van der Waals surface area contributed by atoms with E-state index in [0.29, 0.717) is 40.0 Å². The first-order valence-electron chi connectivity index (χ1n) is 11.5. The van der Waals surface area contributed by atoms with Gasteiger partial charge in [-0.2, -0.15) is 0 Å². The van der Waals surface area contributed by atoms with Crippen LogP contribution < -0.4 is 10.9 Å². The number of aryl methyl sites for hydroxylation is 4. The first-order valence-corrected chi connectivity index (χ1v) is 12.3. The second kappa shape index (κ2) is 10.3. The molecule has 0 bridgehead atoms. The SMILES string of the molecule is Cc1ccc(CCC(=O)NCCOC(=O)c2sc3nc4n(c(=O)c3c2C)CCCCC4)cc1. The smallest absolute Gasteiger partial charge is 0.348 e. The van der Waals surface area contributed by atoms with E-state index in [1.165, 1.54) is 16.9 Å². The van der Waals surface area contributed by atoms with E-state index < -0.39 is 5.97 Å². The number of carbonyl (C=O) groups excluding carboxylic acids is 2. The van der Waals surface area contributed by atoms with E-state index in [2.05, 4.69) is 10.3 Å². The number of fused-ring (bicyclic) bond motifs is 2. The fourth-order valence-electron chi connectivity index (χ4n) is 4.11. The Morgan fingerprint density at radius 2 is 1.94 bits per heavy atom. The van der Waals surface area contributed by atoms with E-state index in [1.54, 1.807) is 11.5 Å². The molecule has 0 radical (unpaired) electrons. The third-order valence-corrected chi connectivity index (χ3v) is 7.18. The lowest BCUT2D eigenvalue weighted by Gasteiger charge is -2.08. The van der Waals surface area contributed by atoms with Gasteiger partial charge in [0.15, 0.2) is 0 Å². The van der Waals surface area contributed by atoms with E-state index in [4.69, 9.17) is 4.74 Å². The summed E-state index contributed by atoms with van der Waals surface area (Å²) < 4.78 is 7.13. The van der Waals surface area contributed by atoms with Crippen LogP contribution in [0.15, 0.2) is 29.1 Å². The zero-order valence-electron chi connectivity index (χ0n) is 19.1. The summed E-state index contributed by atoms with van der Waals surface area (Å²) in [6, 6.07) is 8.11. The molecule has 4 rings (SSSR count). The van der Waals surface area contributed by atoms with Crippen LogP contribution in [0.4, 0.5) is 0 Å². The van der Waals surface area contributed by atoms with Crippen molar-refractivity contribution in [1.29, 1.82) is 0 Å². The van der Waals surface area contributed by atoms with Crippen molar-refractivity contribution in [3.8, 4) is 0 Å². The van der Waals surface area contributed by atoms with E-state index in [1.807, 2.05) is 31.2 Å². The van der Waals surface area contributed by atoms with Crippen molar-refractivity contribution in [2.75, 3.05) is 13.2 Å². The Morgan fingerprint density at radius 3 is 2.73 bits per heavy atom. The average molecular weight is 468 g/mol. The van der Waals surface area contributed by atoms with Crippen molar-refractivity contribution < 1.29 is 14.3 Å². The zero-order chi connectivity index (χ0) is 23.4. The Balaban J connectivity index is 1.32. The van der Waals surface area contributed by atoms with Gasteiger partial charge < -0.3 is 10.1 Å². The molecule has 1 aliphatic rings. The summed E-state index contributed by atoms with van der Waals surface area (Å²) in [6.45, 7) is 4.80. The minimum absolute atomic E-state index is 0.0643. The highest BCUT2D eigenvalue weighted by Gasteiger charge is 2.23. The number of ether oxygens (including phenoxy) is 1. The summed E-state index contributed by atoms with van der Waals surface area (Å²) >= 11 is 1.21. The van der Waals surface area contributed by atoms with Crippen LogP contribution in [-0.2, 0) is 28.9 Å². The number of nitrogens with zero attached hydrogens (tertiary/aromatic N) is 2. The molecule has 0 aliphatic carbocycles. The summed E-state index contributed by atoms with van der Waals surface area (Å²) in [4.78, 5) is 43.4. The van der Waals surface area contributed by atoms with E-state index in [-0.39, 0.29) is 24.6 Å². The molecule has 1 amide bonds. The normalized spacial score (nSPS) is 13.4. The molecule has 0 unspecified atom stereocenters. The van der Waals surface area contributed by atoms with Crippen molar-refractivity contribution in [3.05, 3.63) is 62.0 Å². The summed E-state index contributed by atoms with van der Waals surface area (Å²) in [6.07, 6.45) is 4.91. The van der Waals surface area contributed by atoms with Gasteiger partial charge in [0, 0.05) is 19.4 Å². The lowest BCUT2D eigenvalue weighted by Crippen LogP contribution is -2.28. The van der Waals surface area contributed by atoms with Crippen LogP contribution in [0.5, 0.6) is 0 Å². The second-order valence-corrected chi connectivity index (χ2v) is 9.50. The highest BCUT2D eigenvalue weighted by Crippen LogP contribution is 2.29. The Labute approximate surface area is 196 Å². The number of hydrogen-bond donors (Lipinski definition) is 1. The van der Waals surface area contributed by atoms with Crippen molar-refractivity contribution in [2.24, 2.45) is 0 Å².